The molecule has 1 aromatic heterocycles. The van der Waals surface area contributed by atoms with Gasteiger partial charge in [0.2, 0.25) is 0 Å². The zero-order chi connectivity index (χ0) is 26.0. The van der Waals surface area contributed by atoms with Crippen LogP contribution in [0.5, 0.6) is 5.75 Å². The van der Waals surface area contributed by atoms with E-state index in [1.165, 1.54) is 29.6 Å². The van der Waals surface area contributed by atoms with Gasteiger partial charge in [0.1, 0.15) is 10.8 Å². The van der Waals surface area contributed by atoms with Crippen molar-refractivity contribution in [3.8, 4) is 16.3 Å². The normalized spacial score (nSPS) is 12.1. The van der Waals surface area contributed by atoms with Crippen LogP contribution in [0.2, 0.25) is 0 Å². The lowest BCUT2D eigenvalue weighted by atomic mass is 9.97. The molecule has 12 heteroatoms. The number of nitrogens with zero attached hydrogens (tertiary/aromatic N) is 2. The lowest BCUT2D eigenvalue weighted by molar-refractivity contribution is -0.274. The van der Waals surface area contributed by atoms with Gasteiger partial charge in [-0.15, -0.1) is 24.5 Å². The Hall–Kier alpha value is -3.12. The van der Waals surface area contributed by atoms with Gasteiger partial charge in [-0.05, 0) is 54.3 Å². The quantitative estimate of drug-likeness (QED) is 0.359. The maximum atomic E-state index is 13.5. The van der Waals surface area contributed by atoms with Gasteiger partial charge in [0.05, 0.1) is 10.5 Å². The van der Waals surface area contributed by atoms with Crippen LogP contribution in [0.15, 0.2) is 52.7 Å². The van der Waals surface area contributed by atoms with E-state index in [2.05, 4.69) is 9.72 Å². The standard InChI is InChI=1S/C23H23F3N2O5S2/c1-4-11-28(35(31,32)17-9-10-18(14(2)3)19(12-17)22(29)30)20-13-34-21(27-20)15-5-7-16(8-6-15)33-23(24,25)26/h5-10,12-14H,4,11H2,1-3H3,(H,29,30). The van der Waals surface area contributed by atoms with Crippen LogP contribution in [0.4, 0.5) is 19.0 Å². The Bertz CT molecular complexity index is 1300. The summed E-state index contributed by atoms with van der Waals surface area (Å²) in [6.07, 6.45) is -4.34. The van der Waals surface area contributed by atoms with E-state index in [1.807, 2.05) is 13.8 Å². The predicted octanol–water partition coefficient (Wildman–Crippen LogP) is 6.14. The minimum atomic E-state index is -4.81. The molecule has 0 fully saturated rings. The van der Waals surface area contributed by atoms with Crippen LogP contribution < -0.4 is 9.04 Å². The van der Waals surface area contributed by atoms with Gasteiger partial charge in [0.15, 0.2) is 5.82 Å². The van der Waals surface area contributed by atoms with Crippen LogP contribution in [0.25, 0.3) is 10.6 Å². The van der Waals surface area contributed by atoms with Crippen molar-refractivity contribution in [1.82, 2.24) is 4.98 Å². The molecule has 0 aliphatic carbocycles. The second-order valence-electron chi connectivity index (χ2n) is 7.87. The number of hydrogen-bond acceptors (Lipinski definition) is 6. The highest BCUT2D eigenvalue weighted by Crippen LogP contribution is 2.33. The first-order chi connectivity index (χ1) is 16.3. The molecular weight excluding hydrogens is 505 g/mol. The molecule has 188 valence electrons. The van der Waals surface area contributed by atoms with Crippen molar-refractivity contribution in [1.29, 1.82) is 0 Å². The molecule has 0 unspecified atom stereocenters. The van der Waals surface area contributed by atoms with Gasteiger partial charge < -0.3 is 9.84 Å². The van der Waals surface area contributed by atoms with E-state index in [1.54, 1.807) is 6.92 Å². The van der Waals surface area contributed by atoms with Gasteiger partial charge in [-0.3, -0.25) is 0 Å². The molecule has 35 heavy (non-hydrogen) atoms. The second-order valence-corrected chi connectivity index (χ2v) is 10.6. The minimum Gasteiger partial charge on any atom is -0.478 e. The Balaban J connectivity index is 1.96. The van der Waals surface area contributed by atoms with Crippen molar-refractivity contribution in [2.24, 2.45) is 0 Å². The van der Waals surface area contributed by atoms with Crippen molar-refractivity contribution < 1.29 is 36.2 Å². The Morgan fingerprint density at radius 3 is 2.37 bits per heavy atom. The first-order valence-corrected chi connectivity index (χ1v) is 12.9. The molecule has 0 radical (unpaired) electrons. The molecular formula is C23H23F3N2O5S2. The summed E-state index contributed by atoms with van der Waals surface area (Å²) in [6, 6.07) is 9.12. The molecule has 0 atom stereocenters. The fraction of sp³-hybridized carbons (Fsp3) is 0.304. The summed E-state index contributed by atoms with van der Waals surface area (Å²) in [5.74, 6) is -1.58. The van der Waals surface area contributed by atoms with Gasteiger partial charge in [-0.2, -0.15) is 0 Å². The number of carbonyl (C=O) groups is 1. The van der Waals surface area contributed by atoms with Crippen LogP contribution >= 0.6 is 11.3 Å². The highest BCUT2D eigenvalue weighted by atomic mass is 32.2. The third-order valence-corrected chi connectivity index (χ3v) is 7.65. The summed E-state index contributed by atoms with van der Waals surface area (Å²) in [4.78, 5) is 16.0. The molecule has 1 N–H and O–H groups in total. The van der Waals surface area contributed by atoms with E-state index in [4.69, 9.17) is 0 Å². The summed E-state index contributed by atoms with van der Waals surface area (Å²) >= 11 is 1.13. The summed E-state index contributed by atoms with van der Waals surface area (Å²) < 4.78 is 69.1. The lowest BCUT2D eigenvalue weighted by Crippen LogP contribution is -2.32. The molecule has 1 heterocycles. The number of sulfonamides is 1. The summed E-state index contributed by atoms with van der Waals surface area (Å²) in [6.45, 7) is 5.52. The van der Waals surface area contributed by atoms with Crippen LogP contribution in [0.3, 0.4) is 0 Å². The first kappa shape index (κ1) is 26.5. The van der Waals surface area contributed by atoms with Crippen LogP contribution in [-0.2, 0) is 10.0 Å². The number of aromatic nitrogens is 1. The van der Waals surface area contributed by atoms with Crippen molar-refractivity contribution in [2.45, 2.75) is 44.4 Å². The third kappa shape index (κ3) is 6.12. The zero-order valence-corrected chi connectivity index (χ0v) is 20.7. The smallest absolute Gasteiger partial charge is 0.478 e. The van der Waals surface area contributed by atoms with E-state index in [0.29, 0.717) is 22.6 Å². The zero-order valence-electron chi connectivity index (χ0n) is 19.0. The summed E-state index contributed by atoms with van der Waals surface area (Å²) in [5.41, 5.74) is 0.920. The number of anilines is 1. The van der Waals surface area contributed by atoms with E-state index < -0.39 is 22.4 Å². The largest absolute Gasteiger partial charge is 0.573 e. The Morgan fingerprint density at radius 2 is 1.83 bits per heavy atom. The number of benzene rings is 2. The highest BCUT2D eigenvalue weighted by Gasteiger charge is 2.31. The van der Waals surface area contributed by atoms with Crippen LogP contribution in [-0.4, -0.2) is 37.4 Å². The summed E-state index contributed by atoms with van der Waals surface area (Å²) in [5, 5.41) is 11.5. The molecule has 2 aromatic carbocycles. The number of ether oxygens (including phenoxy) is 1. The number of carboxylic acids is 1. The number of hydrogen-bond donors (Lipinski definition) is 1. The van der Waals surface area contributed by atoms with Crippen LogP contribution in [0, 0.1) is 0 Å². The molecule has 0 saturated carbocycles. The van der Waals surface area contributed by atoms with E-state index in [0.717, 1.165) is 33.8 Å². The SMILES string of the molecule is CCCN(c1csc(-c2ccc(OC(F)(F)F)cc2)n1)S(=O)(=O)c1ccc(C(C)C)c(C(=O)O)c1. The fourth-order valence-electron chi connectivity index (χ4n) is 3.38. The summed E-state index contributed by atoms with van der Waals surface area (Å²) in [7, 11) is -4.14. The Morgan fingerprint density at radius 1 is 1.17 bits per heavy atom. The van der Waals surface area contributed by atoms with E-state index >= 15 is 0 Å². The third-order valence-electron chi connectivity index (χ3n) is 4.97. The van der Waals surface area contributed by atoms with E-state index in [-0.39, 0.29) is 34.5 Å². The number of carboxylic acid groups (broad SMARTS) is 1. The molecule has 0 amide bonds. The second kappa shape index (κ2) is 10.2. The number of halogens is 3. The first-order valence-electron chi connectivity index (χ1n) is 10.5. The molecule has 3 aromatic rings. The number of aromatic carboxylic acids is 1. The minimum absolute atomic E-state index is 0.0855. The predicted molar refractivity (Wildman–Crippen MR) is 127 cm³/mol. The molecule has 0 spiro atoms. The van der Waals surface area contributed by atoms with Crippen molar-refractivity contribution >= 4 is 33.1 Å². The molecule has 7 nitrogen and oxygen atoms in total. The average molecular weight is 529 g/mol. The molecule has 0 saturated heterocycles. The van der Waals surface area contributed by atoms with Gasteiger partial charge >= 0.3 is 12.3 Å². The number of thiazole rings is 1. The fourth-order valence-corrected chi connectivity index (χ4v) is 5.79. The van der Waals surface area contributed by atoms with Crippen molar-refractivity contribution in [2.75, 3.05) is 10.8 Å². The maximum Gasteiger partial charge on any atom is 0.573 e. The van der Waals surface area contributed by atoms with Crippen LogP contribution in [0.1, 0.15) is 49.0 Å². The number of alkyl halides is 3. The van der Waals surface area contributed by atoms with Gasteiger partial charge in [0, 0.05) is 17.5 Å². The Kier molecular flexibility index (Phi) is 7.75. The molecule has 0 bridgehead atoms. The highest BCUT2D eigenvalue weighted by molar-refractivity contribution is 7.92. The average Bonchev–Trinajstić information content (AvgIpc) is 3.25. The van der Waals surface area contributed by atoms with E-state index in [9.17, 15) is 31.5 Å². The molecule has 3 rings (SSSR count). The van der Waals surface area contributed by atoms with Crippen molar-refractivity contribution in [3.05, 3.63) is 59.0 Å². The lowest BCUT2D eigenvalue weighted by Gasteiger charge is -2.22. The van der Waals surface area contributed by atoms with Gasteiger partial charge in [-0.25, -0.2) is 22.5 Å². The van der Waals surface area contributed by atoms with Gasteiger partial charge in [0.25, 0.3) is 10.0 Å². The van der Waals surface area contributed by atoms with Gasteiger partial charge in [-0.1, -0.05) is 26.8 Å². The number of rotatable bonds is 9. The molecule has 0 aliphatic heterocycles. The Labute approximate surface area is 204 Å². The monoisotopic (exact) mass is 528 g/mol. The molecule has 0 aliphatic rings. The van der Waals surface area contributed by atoms with Crippen molar-refractivity contribution in [3.63, 3.8) is 0 Å². The topological polar surface area (TPSA) is 96.8 Å². The maximum absolute atomic E-state index is 13.5.